The van der Waals surface area contributed by atoms with Gasteiger partial charge < -0.3 is 5.32 Å². The molecule has 0 fully saturated rings. The number of rotatable bonds is 4. The molecule has 0 amide bonds. The summed E-state index contributed by atoms with van der Waals surface area (Å²) in [7, 11) is 0. The van der Waals surface area contributed by atoms with E-state index >= 15 is 0 Å². The van der Waals surface area contributed by atoms with Crippen molar-refractivity contribution < 1.29 is 0 Å². The zero-order valence-corrected chi connectivity index (χ0v) is 12.0. The Morgan fingerprint density at radius 1 is 1.41 bits per heavy atom. The van der Waals surface area contributed by atoms with Crippen LogP contribution in [-0.2, 0) is 0 Å². The monoisotopic (exact) mass is 312 g/mol. The molecule has 1 atom stereocenters. The van der Waals surface area contributed by atoms with Gasteiger partial charge in [0.25, 0.3) is 0 Å². The van der Waals surface area contributed by atoms with Crippen molar-refractivity contribution in [2.24, 2.45) is 0 Å². The highest BCUT2D eigenvalue weighted by Gasteiger charge is 2.09. The van der Waals surface area contributed by atoms with Gasteiger partial charge in [-0.05, 0) is 22.9 Å². The van der Waals surface area contributed by atoms with Gasteiger partial charge >= 0.3 is 0 Å². The largest absolute Gasteiger partial charge is 0.354 e. The molecule has 0 unspecified atom stereocenters. The molecule has 0 spiro atoms. The third-order valence-electron chi connectivity index (χ3n) is 2.25. The lowest BCUT2D eigenvalue weighted by atomic mass is 10.2. The molecule has 0 radical (unpaired) electrons. The topological polar surface area (TPSA) is 50.7 Å². The van der Waals surface area contributed by atoms with Gasteiger partial charge in [0.1, 0.15) is 0 Å². The number of thiazole rings is 1. The zero-order chi connectivity index (χ0) is 12.3. The molecule has 4 nitrogen and oxygen atoms in total. The fourth-order valence-electron chi connectivity index (χ4n) is 1.33. The van der Waals surface area contributed by atoms with Gasteiger partial charge in [-0.15, -0.1) is 11.3 Å². The van der Waals surface area contributed by atoms with Crippen molar-refractivity contribution in [3.8, 4) is 0 Å². The van der Waals surface area contributed by atoms with Gasteiger partial charge in [-0.2, -0.15) is 0 Å². The van der Waals surface area contributed by atoms with Gasteiger partial charge in [-0.25, -0.2) is 15.0 Å². The molecular formula is C11H13BrN4S. The molecule has 90 valence electrons. The number of halogens is 1. The Bertz CT molecular complexity index is 482. The Hall–Kier alpha value is -1.01. The fourth-order valence-corrected chi connectivity index (χ4v) is 2.39. The summed E-state index contributed by atoms with van der Waals surface area (Å²) in [6, 6.07) is 0. The van der Waals surface area contributed by atoms with Gasteiger partial charge in [-0.1, -0.05) is 6.92 Å². The Morgan fingerprint density at radius 3 is 2.71 bits per heavy atom. The Kier molecular flexibility index (Phi) is 4.06. The van der Waals surface area contributed by atoms with Crippen LogP contribution in [0.4, 0.5) is 5.95 Å². The lowest BCUT2D eigenvalue weighted by molar-refractivity contribution is 0.784. The van der Waals surface area contributed by atoms with Crippen LogP contribution < -0.4 is 5.32 Å². The van der Waals surface area contributed by atoms with Crippen LogP contribution in [0.2, 0.25) is 0 Å². The lowest BCUT2D eigenvalue weighted by Crippen LogP contribution is -2.11. The van der Waals surface area contributed by atoms with Crippen molar-refractivity contribution >= 4 is 33.2 Å². The standard InChI is InChI=1S/C11H13BrN4S/c1-7(10-16-8(2)6-17-10)3-13-11-14-4-9(12)5-15-11/h4-7H,3H2,1-2H3,(H,13,14,15)/t7-/m1/s1. The molecule has 0 saturated heterocycles. The second-order valence-electron chi connectivity index (χ2n) is 3.83. The van der Waals surface area contributed by atoms with Crippen molar-refractivity contribution in [2.75, 3.05) is 11.9 Å². The Labute approximate surface area is 113 Å². The van der Waals surface area contributed by atoms with Gasteiger partial charge in [0.15, 0.2) is 0 Å². The van der Waals surface area contributed by atoms with E-state index in [1.54, 1.807) is 23.7 Å². The molecule has 0 saturated carbocycles. The quantitative estimate of drug-likeness (QED) is 0.941. The molecular weight excluding hydrogens is 300 g/mol. The second-order valence-corrected chi connectivity index (χ2v) is 5.64. The van der Waals surface area contributed by atoms with Crippen LogP contribution in [0.25, 0.3) is 0 Å². The van der Waals surface area contributed by atoms with Crippen molar-refractivity contribution in [3.05, 3.63) is 32.9 Å². The van der Waals surface area contributed by atoms with Crippen LogP contribution in [-0.4, -0.2) is 21.5 Å². The molecule has 0 aliphatic carbocycles. The number of anilines is 1. The van der Waals surface area contributed by atoms with Crippen LogP contribution in [0.1, 0.15) is 23.5 Å². The minimum Gasteiger partial charge on any atom is -0.354 e. The van der Waals surface area contributed by atoms with E-state index in [0.29, 0.717) is 11.9 Å². The van der Waals surface area contributed by atoms with Crippen LogP contribution in [0, 0.1) is 6.92 Å². The van der Waals surface area contributed by atoms with Crippen LogP contribution in [0.3, 0.4) is 0 Å². The Morgan fingerprint density at radius 2 is 2.12 bits per heavy atom. The molecule has 0 bridgehead atoms. The average Bonchev–Trinajstić information content (AvgIpc) is 2.75. The van der Waals surface area contributed by atoms with Crippen molar-refractivity contribution in [1.29, 1.82) is 0 Å². The van der Waals surface area contributed by atoms with Gasteiger partial charge in [0.05, 0.1) is 9.48 Å². The highest BCUT2D eigenvalue weighted by atomic mass is 79.9. The third kappa shape index (κ3) is 3.47. The average molecular weight is 313 g/mol. The summed E-state index contributed by atoms with van der Waals surface area (Å²) >= 11 is 5.00. The number of aryl methyl sites for hydroxylation is 1. The summed E-state index contributed by atoms with van der Waals surface area (Å²) in [4.78, 5) is 12.8. The van der Waals surface area contributed by atoms with E-state index in [0.717, 1.165) is 21.7 Å². The summed E-state index contributed by atoms with van der Waals surface area (Å²) in [6.45, 7) is 4.94. The van der Waals surface area contributed by atoms with Gasteiger partial charge in [-0.3, -0.25) is 0 Å². The van der Waals surface area contributed by atoms with Gasteiger partial charge in [0, 0.05) is 35.9 Å². The van der Waals surface area contributed by atoms with E-state index < -0.39 is 0 Å². The van der Waals surface area contributed by atoms with Crippen molar-refractivity contribution in [3.63, 3.8) is 0 Å². The predicted molar refractivity (Wildman–Crippen MR) is 73.5 cm³/mol. The van der Waals surface area contributed by atoms with Crippen molar-refractivity contribution in [1.82, 2.24) is 15.0 Å². The first-order chi connectivity index (χ1) is 8.15. The second kappa shape index (κ2) is 5.55. The first kappa shape index (κ1) is 12.4. The predicted octanol–water partition coefficient (Wildman–Crippen LogP) is 3.22. The number of aromatic nitrogens is 3. The maximum atomic E-state index is 4.47. The van der Waals surface area contributed by atoms with E-state index in [1.807, 2.05) is 6.92 Å². The summed E-state index contributed by atoms with van der Waals surface area (Å²) < 4.78 is 0.881. The van der Waals surface area contributed by atoms with Crippen LogP contribution in [0.15, 0.2) is 22.2 Å². The smallest absolute Gasteiger partial charge is 0.222 e. The lowest BCUT2D eigenvalue weighted by Gasteiger charge is -2.09. The molecule has 0 aliphatic rings. The third-order valence-corrected chi connectivity index (χ3v) is 3.85. The van der Waals surface area contributed by atoms with Crippen LogP contribution in [0.5, 0.6) is 0 Å². The van der Waals surface area contributed by atoms with E-state index in [1.165, 1.54) is 0 Å². The highest BCUT2D eigenvalue weighted by molar-refractivity contribution is 9.10. The first-order valence-corrected chi connectivity index (χ1v) is 6.96. The highest BCUT2D eigenvalue weighted by Crippen LogP contribution is 2.19. The normalized spacial score (nSPS) is 12.4. The minimum absolute atomic E-state index is 0.362. The van der Waals surface area contributed by atoms with Gasteiger partial charge in [0.2, 0.25) is 5.95 Å². The molecule has 2 rings (SSSR count). The number of nitrogens with zero attached hydrogens (tertiary/aromatic N) is 3. The molecule has 6 heteroatoms. The van der Waals surface area contributed by atoms with Crippen molar-refractivity contribution in [2.45, 2.75) is 19.8 Å². The van der Waals surface area contributed by atoms with E-state index in [-0.39, 0.29) is 0 Å². The Balaban J connectivity index is 1.92. The SMILES string of the molecule is Cc1csc([C@H](C)CNc2ncc(Br)cn2)n1. The zero-order valence-electron chi connectivity index (χ0n) is 9.64. The molecule has 1 N–H and O–H groups in total. The first-order valence-electron chi connectivity index (χ1n) is 5.28. The molecule has 0 aromatic carbocycles. The molecule has 2 aromatic rings. The summed E-state index contributed by atoms with van der Waals surface area (Å²) in [5.74, 6) is 1.01. The molecule has 2 heterocycles. The number of hydrogen-bond acceptors (Lipinski definition) is 5. The van der Waals surface area contributed by atoms with E-state index in [2.05, 4.69) is 48.5 Å². The summed E-state index contributed by atoms with van der Waals surface area (Å²) in [5, 5.41) is 6.42. The maximum Gasteiger partial charge on any atom is 0.222 e. The maximum absolute atomic E-state index is 4.47. The minimum atomic E-state index is 0.362. The van der Waals surface area contributed by atoms with Crippen LogP contribution >= 0.6 is 27.3 Å². The number of hydrogen-bond donors (Lipinski definition) is 1. The summed E-state index contributed by atoms with van der Waals surface area (Å²) in [6.07, 6.45) is 3.46. The van der Waals surface area contributed by atoms with E-state index in [4.69, 9.17) is 0 Å². The molecule has 2 aromatic heterocycles. The fraction of sp³-hybridized carbons (Fsp3) is 0.364. The number of nitrogens with one attached hydrogen (secondary N) is 1. The molecule has 0 aliphatic heterocycles. The molecule has 17 heavy (non-hydrogen) atoms. The van der Waals surface area contributed by atoms with E-state index in [9.17, 15) is 0 Å². The summed E-state index contributed by atoms with van der Waals surface area (Å²) in [5.41, 5.74) is 1.08.